The second kappa shape index (κ2) is 9.77. The van der Waals surface area contributed by atoms with Gasteiger partial charge in [-0.3, -0.25) is 9.59 Å². The van der Waals surface area contributed by atoms with Crippen LogP contribution in [0.5, 0.6) is 5.75 Å². The average molecular weight is 452 g/mol. The van der Waals surface area contributed by atoms with E-state index in [4.69, 9.17) is 4.74 Å². The van der Waals surface area contributed by atoms with Crippen molar-refractivity contribution in [1.82, 2.24) is 4.90 Å². The minimum Gasteiger partial charge on any atom is -0.507 e. The fourth-order valence-corrected chi connectivity index (χ4v) is 4.91. The van der Waals surface area contributed by atoms with Crippen molar-refractivity contribution in [2.24, 2.45) is 0 Å². The Morgan fingerprint density at radius 1 is 1.12 bits per heavy atom. The van der Waals surface area contributed by atoms with Crippen LogP contribution < -0.4 is 4.74 Å². The van der Waals surface area contributed by atoms with Crippen LogP contribution in [0.1, 0.15) is 68.2 Å². The van der Waals surface area contributed by atoms with Crippen molar-refractivity contribution in [3.05, 3.63) is 70.5 Å². The second-order valence-electron chi connectivity index (χ2n) is 8.85. The Hall–Kier alpha value is -3.15. The molecule has 0 aromatic heterocycles. The summed E-state index contributed by atoms with van der Waals surface area (Å²) in [5, 5.41) is 11.3. The topological polar surface area (TPSA) is 66.8 Å². The maximum Gasteiger partial charge on any atom is 0.295 e. The molecule has 2 fully saturated rings. The summed E-state index contributed by atoms with van der Waals surface area (Å²) in [5.74, 6) is -1.53. The molecule has 1 heterocycles. The molecule has 1 N–H and O–H groups in total. The first kappa shape index (κ1) is 23.0. The Kier molecular flexibility index (Phi) is 6.82. The van der Waals surface area contributed by atoms with E-state index in [1.165, 1.54) is 11.0 Å². The molecule has 0 bridgehead atoms. The first-order valence-electron chi connectivity index (χ1n) is 11.7. The summed E-state index contributed by atoms with van der Waals surface area (Å²) in [6.07, 6.45) is 5.39. The molecule has 1 saturated heterocycles. The SMILES string of the molecule is CCCOc1ccc(/C(O)=C2\C(=O)C(=O)N(C3CCCCC3)C2c2ccccc2F)cc1C. The van der Waals surface area contributed by atoms with E-state index in [2.05, 4.69) is 0 Å². The lowest BCUT2D eigenvalue weighted by atomic mass is 9.90. The number of halogens is 1. The van der Waals surface area contributed by atoms with E-state index in [1.54, 1.807) is 36.4 Å². The number of ketones is 1. The Morgan fingerprint density at radius 3 is 2.52 bits per heavy atom. The van der Waals surface area contributed by atoms with Gasteiger partial charge in [0.1, 0.15) is 17.3 Å². The summed E-state index contributed by atoms with van der Waals surface area (Å²) in [6.45, 7) is 4.45. The van der Waals surface area contributed by atoms with Gasteiger partial charge in [0.2, 0.25) is 0 Å². The van der Waals surface area contributed by atoms with Crippen molar-refractivity contribution in [3.63, 3.8) is 0 Å². The zero-order chi connectivity index (χ0) is 23.5. The molecule has 1 amide bonds. The minimum absolute atomic E-state index is 0.0581. The number of likely N-dealkylation sites (tertiary alicyclic amines) is 1. The molecule has 0 spiro atoms. The number of aryl methyl sites for hydroxylation is 1. The highest BCUT2D eigenvalue weighted by Crippen LogP contribution is 2.44. The molecule has 1 atom stereocenters. The number of rotatable bonds is 6. The summed E-state index contributed by atoms with van der Waals surface area (Å²) < 4.78 is 20.7. The lowest BCUT2D eigenvalue weighted by Crippen LogP contribution is -2.40. The van der Waals surface area contributed by atoms with Gasteiger partial charge in [-0.05, 0) is 56.0 Å². The van der Waals surface area contributed by atoms with Gasteiger partial charge < -0.3 is 14.7 Å². The van der Waals surface area contributed by atoms with Crippen molar-refractivity contribution >= 4 is 17.4 Å². The average Bonchev–Trinajstić information content (AvgIpc) is 3.09. The van der Waals surface area contributed by atoms with E-state index in [-0.39, 0.29) is 22.9 Å². The number of amides is 1. The van der Waals surface area contributed by atoms with E-state index >= 15 is 0 Å². The lowest BCUT2D eigenvalue weighted by Gasteiger charge is -2.35. The van der Waals surface area contributed by atoms with Gasteiger partial charge in [-0.2, -0.15) is 0 Å². The molecule has 174 valence electrons. The van der Waals surface area contributed by atoms with Crippen LogP contribution in [0.25, 0.3) is 5.76 Å². The maximum atomic E-state index is 14.9. The van der Waals surface area contributed by atoms with E-state index in [1.807, 2.05) is 13.8 Å². The van der Waals surface area contributed by atoms with E-state index in [0.717, 1.165) is 44.1 Å². The van der Waals surface area contributed by atoms with Gasteiger partial charge in [0.05, 0.1) is 18.2 Å². The third-order valence-corrected chi connectivity index (χ3v) is 6.56. The van der Waals surface area contributed by atoms with Crippen LogP contribution in [0.2, 0.25) is 0 Å². The first-order chi connectivity index (χ1) is 15.9. The number of carbonyl (C=O) groups is 2. The van der Waals surface area contributed by atoms with Gasteiger partial charge in [0.15, 0.2) is 0 Å². The fourth-order valence-electron chi connectivity index (χ4n) is 4.91. The smallest absolute Gasteiger partial charge is 0.295 e. The number of aliphatic hydroxyl groups is 1. The molecular weight excluding hydrogens is 421 g/mol. The van der Waals surface area contributed by atoms with Crippen molar-refractivity contribution < 1.29 is 23.8 Å². The Bertz CT molecular complexity index is 1090. The van der Waals surface area contributed by atoms with Crippen LogP contribution >= 0.6 is 0 Å². The second-order valence-corrected chi connectivity index (χ2v) is 8.85. The summed E-state index contributed by atoms with van der Waals surface area (Å²) in [4.78, 5) is 27.9. The molecule has 0 radical (unpaired) electrons. The van der Waals surface area contributed by atoms with Crippen LogP contribution in [-0.2, 0) is 9.59 Å². The standard InChI is InChI=1S/C27H30FNO4/c1-3-15-33-22-14-13-18(16-17(22)2)25(30)23-24(20-11-7-8-12-21(20)28)29(27(32)26(23)31)19-9-5-4-6-10-19/h7-8,11-14,16,19,24,30H,3-6,9-10,15H2,1-2H3/b25-23+. The molecule has 1 aliphatic carbocycles. The largest absolute Gasteiger partial charge is 0.507 e. The van der Waals surface area contributed by atoms with Gasteiger partial charge >= 0.3 is 0 Å². The summed E-state index contributed by atoms with van der Waals surface area (Å²) in [7, 11) is 0. The molecule has 2 aliphatic rings. The molecule has 6 heteroatoms. The molecule has 2 aromatic carbocycles. The van der Waals surface area contributed by atoms with Crippen molar-refractivity contribution in [2.45, 2.75) is 64.5 Å². The zero-order valence-electron chi connectivity index (χ0n) is 19.1. The summed E-state index contributed by atoms with van der Waals surface area (Å²) in [5.41, 5.74) is 1.37. The van der Waals surface area contributed by atoms with Crippen LogP contribution in [0.15, 0.2) is 48.0 Å². The third kappa shape index (κ3) is 4.39. The summed E-state index contributed by atoms with van der Waals surface area (Å²) in [6, 6.07) is 10.2. The minimum atomic E-state index is -0.953. The number of nitrogens with zero attached hydrogens (tertiary/aromatic N) is 1. The number of Topliss-reactive ketones (excluding diaryl/α,β-unsaturated/α-hetero) is 1. The van der Waals surface area contributed by atoms with E-state index in [9.17, 15) is 19.1 Å². The fraction of sp³-hybridized carbons (Fsp3) is 0.407. The lowest BCUT2D eigenvalue weighted by molar-refractivity contribution is -0.141. The maximum absolute atomic E-state index is 14.9. The molecule has 4 rings (SSSR count). The van der Waals surface area contributed by atoms with Gasteiger partial charge in [-0.15, -0.1) is 0 Å². The Labute approximate surface area is 193 Å². The molecule has 1 unspecified atom stereocenters. The van der Waals surface area contributed by atoms with Gasteiger partial charge in [-0.25, -0.2) is 4.39 Å². The van der Waals surface area contributed by atoms with Crippen molar-refractivity contribution in [1.29, 1.82) is 0 Å². The predicted octanol–water partition coefficient (Wildman–Crippen LogP) is 5.68. The van der Waals surface area contributed by atoms with Gasteiger partial charge in [0, 0.05) is 17.2 Å². The molecule has 2 aromatic rings. The van der Waals surface area contributed by atoms with Crippen LogP contribution in [0.3, 0.4) is 0 Å². The van der Waals surface area contributed by atoms with Crippen LogP contribution in [0, 0.1) is 12.7 Å². The Balaban J connectivity index is 1.83. The zero-order valence-corrected chi connectivity index (χ0v) is 19.1. The molecule has 33 heavy (non-hydrogen) atoms. The van der Waals surface area contributed by atoms with Crippen molar-refractivity contribution in [2.75, 3.05) is 6.61 Å². The number of benzene rings is 2. The first-order valence-corrected chi connectivity index (χ1v) is 11.7. The number of ether oxygens (including phenoxy) is 1. The Morgan fingerprint density at radius 2 is 1.85 bits per heavy atom. The number of carbonyl (C=O) groups excluding carboxylic acids is 2. The predicted molar refractivity (Wildman–Crippen MR) is 124 cm³/mol. The quantitative estimate of drug-likeness (QED) is 0.349. The third-order valence-electron chi connectivity index (χ3n) is 6.56. The highest BCUT2D eigenvalue weighted by Gasteiger charge is 2.49. The summed E-state index contributed by atoms with van der Waals surface area (Å²) >= 11 is 0. The monoisotopic (exact) mass is 451 g/mol. The number of aliphatic hydroxyl groups excluding tert-OH is 1. The van der Waals surface area contributed by atoms with Crippen LogP contribution in [-0.4, -0.2) is 34.3 Å². The molecule has 1 aliphatic heterocycles. The highest BCUT2D eigenvalue weighted by atomic mass is 19.1. The molecular formula is C27H30FNO4. The highest BCUT2D eigenvalue weighted by molar-refractivity contribution is 6.46. The van der Waals surface area contributed by atoms with Gasteiger partial charge in [-0.1, -0.05) is 44.4 Å². The van der Waals surface area contributed by atoms with E-state index < -0.39 is 23.5 Å². The molecule has 5 nitrogen and oxygen atoms in total. The number of hydrogen-bond acceptors (Lipinski definition) is 4. The molecule has 1 saturated carbocycles. The van der Waals surface area contributed by atoms with Crippen molar-refractivity contribution in [3.8, 4) is 5.75 Å². The van der Waals surface area contributed by atoms with Crippen LogP contribution in [0.4, 0.5) is 4.39 Å². The van der Waals surface area contributed by atoms with E-state index in [0.29, 0.717) is 17.9 Å². The van der Waals surface area contributed by atoms with Gasteiger partial charge in [0.25, 0.3) is 11.7 Å². The normalized spacial score (nSPS) is 20.9. The number of hydrogen-bond donors (Lipinski definition) is 1.